The van der Waals surface area contributed by atoms with Gasteiger partial charge in [-0.2, -0.15) is 5.10 Å². The van der Waals surface area contributed by atoms with E-state index in [9.17, 15) is 0 Å². The molecular formula is C22H17ClN2. The number of benzene rings is 3. The standard InChI is InChI=1S/C22H17ClN2/c1-16-21(17-12-14-19(23)15-13-17)24-25(20-10-6-3-7-11-20)22(16)18-8-4-2-5-9-18/h2-15H,1H3. The Morgan fingerprint density at radius 2 is 1.32 bits per heavy atom. The van der Waals surface area contributed by atoms with Crippen LogP contribution in [0.4, 0.5) is 0 Å². The van der Waals surface area contributed by atoms with Crippen LogP contribution in [0.1, 0.15) is 5.56 Å². The van der Waals surface area contributed by atoms with Gasteiger partial charge in [0.05, 0.1) is 17.1 Å². The summed E-state index contributed by atoms with van der Waals surface area (Å²) in [6, 6.07) is 28.4. The zero-order chi connectivity index (χ0) is 17.2. The Morgan fingerprint density at radius 1 is 0.720 bits per heavy atom. The van der Waals surface area contributed by atoms with Crippen LogP contribution in [0.5, 0.6) is 0 Å². The van der Waals surface area contributed by atoms with Gasteiger partial charge in [-0.1, -0.05) is 72.3 Å². The van der Waals surface area contributed by atoms with Gasteiger partial charge in [-0.15, -0.1) is 0 Å². The van der Waals surface area contributed by atoms with Crippen molar-refractivity contribution in [2.45, 2.75) is 6.92 Å². The molecule has 0 amide bonds. The third kappa shape index (κ3) is 2.97. The first kappa shape index (κ1) is 15.7. The van der Waals surface area contributed by atoms with Crippen LogP contribution in [0.15, 0.2) is 84.9 Å². The Labute approximate surface area is 152 Å². The van der Waals surface area contributed by atoms with E-state index in [-0.39, 0.29) is 0 Å². The summed E-state index contributed by atoms with van der Waals surface area (Å²) in [5.74, 6) is 0. The van der Waals surface area contributed by atoms with E-state index >= 15 is 0 Å². The molecule has 1 aromatic heterocycles. The average Bonchev–Trinajstić information content (AvgIpc) is 3.01. The van der Waals surface area contributed by atoms with Gasteiger partial charge in [-0.25, -0.2) is 4.68 Å². The second kappa shape index (κ2) is 6.58. The summed E-state index contributed by atoms with van der Waals surface area (Å²) in [6.45, 7) is 2.12. The maximum atomic E-state index is 6.04. The highest BCUT2D eigenvalue weighted by Crippen LogP contribution is 2.33. The zero-order valence-corrected chi connectivity index (χ0v) is 14.6. The van der Waals surface area contributed by atoms with Gasteiger partial charge in [0.1, 0.15) is 0 Å². The highest BCUT2D eigenvalue weighted by atomic mass is 35.5. The molecule has 0 N–H and O–H groups in total. The number of hydrogen-bond acceptors (Lipinski definition) is 1. The first-order chi connectivity index (χ1) is 12.2. The van der Waals surface area contributed by atoms with E-state index < -0.39 is 0 Å². The molecule has 4 rings (SSSR count). The van der Waals surface area contributed by atoms with Crippen LogP contribution in [0.3, 0.4) is 0 Å². The molecule has 1 heterocycles. The first-order valence-corrected chi connectivity index (χ1v) is 8.58. The number of aromatic nitrogens is 2. The minimum Gasteiger partial charge on any atom is -0.232 e. The van der Waals surface area contributed by atoms with Crippen molar-refractivity contribution in [3.63, 3.8) is 0 Å². The normalized spacial score (nSPS) is 10.8. The van der Waals surface area contributed by atoms with Gasteiger partial charge in [-0.05, 0) is 31.2 Å². The molecule has 0 aliphatic heterocycles. The molecule has 3 aromatic carbocycles. The Bertz CT molecular complexity index is 988. The van der Waals surface area contributed by atoms with Crippen molar-refractivity contribution in [1.82, 2.24) is 9.78 Å². The summed E-state index contributed by atoms with van der Waals surface area (Å²) in [5, 5.41) is 5.66. The Balaban J connectivity index is 1.97. The summed E-state index contributed by atoms with van der Waals surface area (Å²) < 4.78 is 2.02. The molecule has 122 valence electrons. The molecule has 0 radical (unpaired) electrons. The second-order valence-corrected chi connectivity index (χ2v) is 6.38. The number of halogens is 1. The van der Waals surface area contributed by atoms with E-state index in [4.69, 9.17) is 16.7 Å². The lowest BCUT2D eigenvalue weighted by atomic mass is 10.0. The summed E-state index contributed by atoms with van der Waals surface area (Å²) in [7, 11) is 0. The molecule has 3 heteroatoms. The van der Waals surface area contributed by atoms with Crippen LogP contribution in [0.25, 0.3) is 28.2 Å². The molecule has 0 atom stereocenters. The molecule has 0 aliphatic carbocycles. The molecule has 0 saturated carbocycles. The van der Waals surface area contributed by atoms with Crippen molar-refractivity contribution < 1.29 is 0 Å². The lowest BCUT2D eigenvalue weighted by Crippen LogP contribution is -1.99. The third-order valence-corrected chi connectivity index (χ3v) is 4.54. The Hall–Kier alpha value is -2.84. The maximum Gasteiger partial charge on any atom is 0.0963 e. The molecule has 25 heavy (non-hydrogen) atoms. The second-order valence-electron chi connectivity index (χ2n) is 5.94. The quantitative estimate of drug-likeness (QED) is 0.434. The molecular weight excluding hydrogens is 328 g/mol. The minimum atomic E-state index is 0.729. The van der Waals surface area contributed by atoms with E-state index in [1.54, 1.807) is 0 Å². The van der Waals surface area contributed by atoms with E-state index in [1.807, 2.05) is 53.2 Å². The fraction of sp³-hybridized carbons (Fsp3) is 0.0455. The Kier molecular flexibility index (Phi) is 4.12. The van der Waals surface area contributed by atoms with Crippen LogP contribution >= 0.6 is 11.6 Å². The van der Waals surface area contributed by atoms with Gasteiger partial charge in [0, 0.05) is 21.7 Å². The first-order valence-electron chi connectivity index (χ1n) is 8.20. The van der Waals surface area contributed by atoms with Crippen molar-refractivity contribution in [2.24, 2.45) is 0 Å². The number of nitrogens with zero attached hydrogens (tertiary/aromatic N) is 2. The van der Waals surface area contributed by atoms with Crippen molar-refractivity contribution >= 4 is 11.6 Å². The van der Waals surface area contributed by atoms with Gasteiger partial charge in [0.15, 0.2) is 0 Å². The van der Waals surface area contributed by atoms with Crippen molar-refractivity contribution in [3.8, 4) is 28.2 Å². The molecule has 0 bridgehead atoms. The van der Waals surface area contributed by atoms with E-state index in [0.717, 1.165) is 38.8 Å². The van der Waals surface area contributed by atoms with Crippen LogP contribution in [0.2, 0.25) is 5.02 Å². The zero-order valence-electron chi connectivity index (χ0n) is 13.9. The molecule has 0 spiro atoms. The fourth-order valence-electron chi connectivity index (χ4n) is 3.07. The number of hydrogen-bond donors (Lipinski definition) is 0. The summed E-state index contributed by atoms with van der Waals surface area (Å²) >= 11 is 6.04. The lowest BCUT2D eigenvalue weighted by Gasteiger charge is -2.08. The largest absolute Gasteiger partial charge is 0.232 e. The van der Waals surface area contributed by atoms with Gasteiger partial charge >= 0.3 is 0 Å². The minimum absolute atomic E-state index is 0.729. The summed E-state index contributed by atoms with van der Waals surface area (Å²) in [5.41, 5.74) is 6.49. The van der Waals surface area contributed by atoms with Crippen molar-refractivity contribution in [2.75, 3.05) is 0 Å². The SMILES string of the molecule is Cc1c(-c2ccc(Cl)cc2)nn(-c2ccccc2)c1-c1ccccc1. The summed E-state index contributed by atoms with van der Waals surface area (Å²) in [6.07, 6.45) is 0. The smallest absolute Gasteiger partial charge is 0.0963 e. The predicted molar refractivity (Wildman–Crippen MR) is 104 cm³/mol. The third-order valence-electron chi connectivity index (χ3n) is 4.29. The molecule has 0 unspecified atom stereocenters. The van der Waals surface area contributed by atoms with Gasteiger partial charge < -0.3 is 0 Å². The average molecular weight is 345 g/mol. The summed E-state index contributed by atoms with van der Waals surface area (Å²) in [4.78, 5) is 0. The monoisotopic (exact) mass is 344 g/mol. The van der Waals surface area contributed by atoms with Gasteiger partial charge in [0.2, 0.25) is 0 Å². The number of rotatable bonds is 3. The molecule has 4 aromatic rings. The van der Waals surface area contributed by atoms with E-state index in [0.29, 0.717) is 0 Å². The van der Waals surface area contributed by atoms with Gasteiger partial charge in [0.25, 0.3) is 0 Å². The Morgan fingerprint density at radius 3 is 1.96 bits per heavy atom. The highest BCUT2D eigenvalue weighted by Gasteiger charge is 2.18. The van der Waals surface area contributed by atoms with E-state index in [1.165, 1.54) is 0 Å². The molecule has 0 fully saturated rings. The van der Waals surface area contributed by atoms with Crippen LogP contribution in [-0.2, 0) is 0 Å². The maximum absolute atomic E-state index is 6.04. The topological polar surface area (TPSA) is 17.8 Å². The highest BCUT2D eigenvalue weighted by molar-refractivity contribution is 6.30. The van der Waals surface area contributed by atoms with E-state index in [2.05, 4.69) is 43.3 Å². The van der Waals surface area contributed by atoms with Crippen LogP contribution in [-0.4, -0.2) is 9.78 Å². The lowest BCUT2D eigenvalue weighted by molar-refractivity contribution is 0.891. The predicted octanol–water partition coefficient (Wildman–Crippen LogP) is 6.17. The number of para-hydroxylation sites is 1. The van der Waals surface area contributed by atoms with Crippen LogP contribution in [0, 0.1) is 6.92 Å². The molecule has 2 nitrogen and oxygen atoms in total. The van der Waals surface area contributed by atoms with Crippen molar-refractivity contribution in [3.05, 3.63) is 95.5 Å². The van der Waals surface area contributed by atoms with Crippen LogP contribution < -0.4 is 0 Å². The van der Waals surface area contributed by atoms with Crippen molar-refractivity contribution in [1.29, 1.82) is 0 Å². The van der Waals surface area contributed by atoms with Gasteiger partial charge in [-0.3, -0.25) is 0 Å². The molecule has 0 saturated heterocycles. The fourth-order valence-corrected chi connectivity index (χ4v) is 3.19. The molecule has 0 aliphatic rings.